The van der Waals surface area contributed by atoms with Gasteiger partial charge in [-0.3, -0.25) is 14.6 Å². The molecule has 4 heteroatoms. The van der Waals surface area contributed by atoms with Crippen LogP contribution < -0.4 is 4.90 Å². The van der Waals surface area contributed by atoms with Gasteiger partial charge in [0.2, 0.25) is 0 Å². The number of benzene rings is 1. The van der Waals surface area contributed by atoms with Crippen LogP contribution in [0.2, 0.25) is 0 Å². The van der Waals surface area contributed by atoms with E-state index in [2.05, 4.69) is 10.9 Å². The Kier molecular flexibility index (Phi) is 2.39. The Hall–Kier alpha value is -2.93. The summed E-state index contributed by atoms with van der Waals surface area (Å²) in [7, 11) is 0. The van der Waals surface area contributed by atoms with Crippen LogP contribution in [0.3, 0.4) is 0 Å². The van der Waals surface area contributed by atoms with Gasteiger partial charge in [-0.15, -0.1) is 6.42 Å². The van der Waals surface area contributed by atoms with Crippen LogP contribution in [0.25, 0.3) is 0 Å². The summed E-state index contributed by atoms with van der Waals surface area (Å²) < 4.78 is 0. The van der Waals surface area contributed by atoms with E-state index in [0.29, 0.717) is 22.4 Å². The summed E-state index contributed by atoms with van der Waals surface area (Å²) in [6.07, 6.45) is 8.22. The SMILES string of the molecule is C#Cc1cccc(N2C(=O)c3ccncc3C2=O)c1. The predicted octanol–water partition coefficient (Wildman–Crippen LogP) is 1.86. The van der Waals surface area contributed by atoms with E-state index in [1.54, 1.807) is 30.3 Å². The monoisotopic (exact) mass is 248 g/mol. The van der Waals surface area contributed by atoms with E-state index in [1.165, 1.54) is 12.4 Å². The van der Waals surface area contributed by atoms with Crippen LogP contribution in [0, 0.1) is 12.3 Å². The predicted molar refractivity (Wildman–Crippen MR) is 69.8 cm³/mol. The average molecular weight is 248 g/mol. The summed E-state index contributed by atoms with van der Waals surface area (Å²) in [5.41, 5.74) is 1.78. The van der Waals surface area contributed by atoms with Crippen LogP contribution in [-0.4, -0.2) is 16.8 Å². The lowest BCUT2D eigenvalue weighted by molar-refractivity contribution is 0.0926. The van der Waals surface area contributed by atoms with Gasteiger partial charge in [0.1, 0.15) is 0 Å². The lowest BCUT2D eigenvalue weighted by Gasteiger charge is -2.13. The Morgan fingerprint density at radius 1 is 1.11 bits per heavy atom. The number of amides is 2. The first-order valence-corrected chi connectivity index (χ1v) is 5.62. The molecule has 0 saturated carbocycles. The lowest BCUT2D eigenvalue weighted by atomic mass is 10.2. The number of rotatable bonds is 1. The fourth-order valence-corrected chi connectivity index (χ4v) is 2.05. The molecule has 0 atom stereocenters. The van der Waals surface area contributed by atoms with E-state index in [-0.39, 0.29) is 11.8 Å². The van der Waals surface area contributed by atoms with Gasteiger partial charge < -0.3 is 0 Å². The molecular weight excluding hydrogens is 240 g/mol. The van der Waals surface area contributed by atoms with Crippen LogP contribution in [0.1, 0.15) is 26.3 Å². The second-order valence-electron chi connectivity index (χ2n) is 4.06. The highest BCUT2D eigenvalue weighted by molar-refractivity contribution is 6.34. The number of pyridine rings is 1. The smallest absolute Gasteiger partial charge is 0.267 e. The molecule has 0 spiro atoms. The highest BCUT2D eigenvalue weighted by Gasteiger charge is 2.36. The molecule has 0 aliphatic carbocycles. The minimum atomic E-state index is -0.373. The topological polar surface area (TPSA) is 50.3 Å². The van der Waals surface area contributed by atoms with Crippen molar-refractivity contribution < 1.29 is 9.59 Å². The van der Waals surface area contributed by atoms with Gasteiger partial charge in [-0.25, -0.2) is 4.90 Å². The summed E-state index contributed by atoms with van der Waals surface area (Å²) in [5.74, 6) is 1.76. The zero-order valence-electron chi connectivity index (χ0n) is 9.83. The van der Waals surface area contributed by atoms with Crippen LogP contribution in [0.15, 0.2) is 42.7 Å². The van der Waals surface area contributed by atoms with E-state index < -0.39 is 0 Å². The number of aromatic nitrogens is 1. The summed E-state index contributed by atoms with van der Waals surface area (Å²) in [4.78, 5) is 29.4. The Morgan fingerprint density at radius 3 is 2.63 bits per heavy atom. The van der Waals surface area contributed by atoms with E-state index in [0.717, 1.165) is 4.90 Å². The fourth-order valence-electron chi connectivity index (χ4n) is 2.05. The van der Waals surface area contributed by atoms with Crippen LogP contribution >= 0.6 is 0 Å². The van der Waals surface area contributed by atoms with Gasteiger partial charge in [0, 0.05) is 18.0 Å². The minimum absolute atomic E-state index is 0.318. The maximum absolute atomic E-state index is 12.2. The molecule has 0 radical (unpaired) electrons. The first kappa shape index (κ1) is 11.2. The molecular formula is C15H8N2O2. The van der Waals surface area contributed by atoms with E-state index >= 15 is 0 Å². The molecule has 1 aliphatic heterocycles. The third-order valence-corrected chi connectivity index (χ3v) is 2.96. The summed E-state index contributed by atoms with van der Waals surface area (Å²) in [5, 5.41) is 0. The van der Waals surface area contributed by atoms with Gasteiger partial charge in [-0.2, -0.15) is 0 Å². The van der Waals surface area contributed by atoms with Crippen LogP contribution in [0.4, 0.5) is 5.69 Å². The standard InChI is InChI=1S/C15H8N2O2/c1-2-10-4-3-5-11(8-10)17-14(18)12-6-7-16-9-13(12)15(17)19/h1,3-9H. The molecule has 0 unspecified atom stereocenters. The molecule has 1 aliphatic rings. The molecule has 0 fully saturated rings. The molecule has 1 aromatic heterocycles. The molecule has 0 bridgehead atoms. The second-order valence-corrected chi connectivity index (χ2v) is 4.06. The highest BCUT2D eigenvalue weighted by Crippen LogP contribution is 2.27. The van der Waals surface area contributed by atoms with Crippen LogP contribution in [-0.2, 0) is 0 Å². The van der Waals surface area contributed by atoms with Crippen molar-refractivity contribution in [1.82, 2.24) is 4.98 Å². The van der Waals surface area contributed by atoms with Crippen molar-refractivity contribution in [3.05, 3.63) is 59.4 Å². The number of hydrogen-bond acceptors (Lipinski definition) is 3. The van der Waals surface area contributed by atoms with Gasteiger partial charge in [0.25, 0.3) is 11.8 Å². The maximum Gasteiger partial charge on any atom is 0.267 e. The van der Waals surface area contributed by atoms with Gasteiger partial charge in [0.15, 0.2) is 0 Å². The summed E-state index contributed by atoms with van der Waals surface area (Å²) >= 11 is 0. The van der Waals surface area contributed by atoms with Crippen molar-refractivity contribution in [2.24, 2.45) is 0 Å². The maximum atomic E-state index is 12.2. The molecule has 2 amide bonds. The molecule has 2 aromatic rings. The molecule has 90 valence electrons. The second kappa shape index (κ2) is 4.07. The highest BCUT2D eigenvalue weighted by atomic mass is 16.2. The third-order valence-electron chi connectivity index (χ3n) is 2.96. The van der Waals surface area contributed by atoms with E-state index in [9.17, 15) is 9.59 Å². The van der Waals surface area contributed by atoms with Crippen molar-refractivity contribution in [2.75, 3.05) is 4.90 Å². The van der Waals surface area contributed by atoms with E-state index in [1.807, 2.05) is 0 Å². The number of nitrogens with zero attached hydrogens (tertiary/aromatic N) is 2. The van der Waals surface area contributed by atoms with Gasteiger partial charge >= 0.3 is 0 Å². The molecule has 0 saturated heterocycles. The Morgan fingerprint density at radius 2 is 1.89 bits per heavy atom. The largest absolute Gasteiger partial charge is 0.268 e. The number of fused-ring (bicyclic) bond motifs is 1. The number of imide groups is 1. The van der Waals surface area contributed by atoms with E-state index in [4.69, 9.17) is 6.42 Å². The average Bonchev–Trinajstić information content (AvgIpc) is 2.72. The normalized spacial score (nSPS) is 13.3. The Labute approximate surface area is 109 Å². The number of terminal acetylenes is 1. The number of anilines is 1. The molecule has 4 nitrogen and oxygen atoms in total. The van der Waals surface area contributed by atoms with Crippen molar-refractivity contribution in [2.45, 2.75) is 0 Å². The van der Waals surface area contributed by atoms with Crippen molar-refractivity contribution in [3.63, 3.8) is 0 Å². The molecule has 3 rings (SSSR count). The van der Waals surface area contributed by atoms with Gasteiger partial charge in [-0.1, -0.05) is 12.0 Å². The first-order valence-electron chi connectivity index (χ1n) is 5.62. The quantitative estimate of drug-likeness (QED) is 0.571. The van der Waals surface area contributed by atoms with Gasteiger partial charge in [0.05, 0.1) is 16.8 Å². The number of carbonyl (C=O) groups excluding carboxylic acids is 2. The minimum Gasteiger partial charge on any atom is -0.268 e. The molecule has 0 N–H and O–H groups in total. The van der Waals surface area contributed by atoms with Crippen molar-refractivity contribution in [1.29, 1.82) is 0 Å². The molecule has 1 aromatic carbocycles. The molecule has 19 heavy (non-hydrogen) atoms. The fraction of sp³-hybridized carbons (Fsp3) is 0. The number of carbonyl (C=O) groups is 2. The van der Waals surface area contributed by atoms with Crippen molar-refractivity contribution in [3.8, 4) is 12.3 Å². The Bertz CT molecular complexity index is 709. The first-order chi connectivity index (χ1) is 9.22. The number of hydrogen-bond donors (Lipinski definition) is 0. The van der Waals surface area contributed by atoms with Crippen LogP contribution in [0.5, 0.6) is 0 Å². The van der Waals surface area contributed by atoms with Crippen molar-refractivity contribution >= 4 is 17.5 Å². The summed E-state index contributed by atoms with van der Waals surface area (Å²) in [6.45, 7) is 0. The third kappa shape index (κ3) is 1.60. The molecule has 2 heterocycles. The van der Waals surface area contributed by atoms with Gasteiger partial charge in [-0.05, 0) is 24.3 Å². The lowest BCUT2D eigenvalue weighted by Crippen LogP contribution is -2.29. The Balaban J connectivity index is 2.12. The summed E-state index contributed by atoms with van der Waals surface area (Å²) in [6, 6.07) is 8.31. The zero-order chi connectivity index (χ0) is 13.4. The zero-order valence-corrected chi connectivity index (χ0v) is 9.83.